The van der Waals surface area contributed by atoms with Crippen molar-refractivity contribution >= 4 is 17.9 Å². The number of hydrogen-bond acceptors (Lipinski definition) is 6. The number of ether oxygens (including phenoxy) is 3. The average Bonchev–Trinajstić information content (AvgIpc) is 3.18. The first kappa shape index (κ1) is 54.8. The van der Waals surface area contributed by atoms with Gasteiger partial charge in [-0.05, 0) is 57.8 Å². The SMILES string of the molecule is CC/C=C/C/C=C/C/C=C/C/C=C/C/C=C/C/C=C/CCCC(=O)OC(COCCC(C(=O)O)[N+](C)(C)C)COC(=O)CCCCCCCCCCCCCCCC. The highest BCUT2D eigenvalue weighted by Crippen LogP contribution is 2.14. The van der Waals surface area contributed by atoms with E-state index in [2.05, 4.69) is 86.8 Å². The van der Waals surface area contributed by atoms with Crippen LogP contribution in [0, 0.1) is 0 Å². The Hall–Kier alpha value is -3.23. The van der Waals surface area contributed by atoms with E-state index in [1.54, 1.807) is 0 Å². The molecular formula is C50H86NO7+. The molecule has 0 amide bonds. The van der Waals surface area contributed by atoms with Crippen LogP contribution < -0.4 is 0 Å². The summed E-state index contributed by atoms with van der Waals surface area (Å²) in [7, 11) is 5.50. The molecule has 0 aromatic rings. The minimum absolute atomic E-state index is 0.0362. The van der Waals surface area contributed by atoms with E-state index >= 15 is 0 Å². The van der Waals surface area contributed by atoms with E-state index in [4.69, 9.17) is 14.2 Å². The summed E-state index contributed by atoms with van der Waals surface area (Å²) in [6.45, 7) is 4.56. The van der Waals surface area contributed by atoms with Gasteiger partial charge >= 0.3 is 17.9 Å². The van der Waals surface area contributed by atoms with Crippen LogP contribution >= 0.6 is 0 Å². The number of hydrogen-bond donors (Lipinski definition) is 1. The van der Waals surface area contributed by atoms with Crippen LogP contribution in [0.5, 0.6) is 0 Å². The molecule has 0 bridgehead atoms. The van der Waals surface area contributed by atoms with Gasteiger partial charge < -0.3 is 23.8 Å². The van der Waals surface area contributed by atoms with Crippen LogP contribution in [0.4, 0.5) is 0 Å². The molecule has 0 saturated carbocycles. The van der Waals surface area contributed by atoms with Crippen LogP contribution in [0.3, 0.4) is 0 Å². The van der Waals surface area contributed by atoms with Crippen LogP contribution in [0.25, 0.3) is 0 Å². The molecule has 1 N–H and O–H groups in total. The number of unbranched alkanes of at least 4 members (excludes halogenated alkanes) is 14. The molecule has 0 aliphatic heterocycles. The third kappa shape index (κ3) is 38.3. The summed E-state index contributed by atoms with van der Waals surface area (Å²) in [5.41, 5.74) is 0. The van der Waals surface area contributed by atoms with Gasteiger partial charge in [-0.15, -0.1) is 0 Å². The lowest BCUT2D eigenvalue weighted by molar-refractivity contribution is -0.887. The Kier molecular flexibility index (Phi) is 38.3. The van der Waals surface area contributed by atoms with E-state index in [-0.39, 0.29) is 42.7 Å². The van der Waals surface area contributed by atoms with Gasteiger partial charge in [0.25, 0.3) is 0 Å². The van der Waals surface area contributed by atoms with Crippen molar-refractivity contribution in [1.29, 1.82) is 0 Å². The van der Waals surface area contributed by atoms with Gasteiger partial charge in [-0.2, -0.15) is 0 Å². The lowest BCUT2D eigenvalue weighted by Crippen LogP contribution is -2.50. The topological polar surface area (TPSA) is 99.1 Å². The number of aliphatic carboxylic acids is 1. The summed E-state index contributed by atoms with van der Waals surface area (Å²) in [5, 5.41) is 9.62. The number of carboxylic acids is 1. The average molecular weight is 813 g/mol. The van der Waals surface area contributed by atoms with E-state index < -0.39 is 18.1 Å². The first-order chi connectivity index (χ1) is 28.1. The molecule has 8 nitrogen and oxygen atoms in total. The maximum atomic E-state index is 12.7. The number of carboxylic acid groups (broad SMARTS) is 1. The summed E-state index contributed by atoms with van der Waals surface area (Å²) in [5.74, 6) is -1.55. The molecule has 0 aliphatic rings. The zero-order valence-electron chi connectivity index (χ0n) is 37.7. The van der Waals surface area contributed by atoms with E-state index in [0.717, 1.165) is 64.2 Å². The quantitative estimate of drug-likeness (QED) is 0.0285. The maximum Gasteiger partial charge on any atom is 0.362 e. The Bertz CT molecular complexity index is 1180. The van der Waals surface area contributed by atoms with Gasteiger partial charge in [0.1, 0.15) is 6.61 Å². The predicted molar refractivity (Wildman–Crippen MR) is 243 cm³/mol. The van der Waals surface area contributed by atoms with E-state index in [9.17, 15) is 19.5 Å². The molecule has 0 aliphatic carbocycles. The minimum Gasteiger partial charge on any atom is -0.477 e. The number of quaternary nitrogens is 1. The summed E-state index contributed by atoms with van der Waals surface area (Å²) in [6.07, 6.45) is 50.9. The Labute approximate surface area is 355 Å². The molecule has 0 heterocycles. The predicted octanol–water partition coefficient (Wildman–Crippen LogP) is 12.7. The van der Waals surface area contributed by atoms with Gasteiger partial charge in [-0.1, -0.05) is 170 Å². The number of carbonyl (C=O) groups is 3. The Balaban J connectivity index is 4.44. The largest absolute Gasteiger partial charge is 0.477 e. The molecule has 0 spiro atoms. The zero-order chi connectivity index (χ0) is 42.8. The standard InChI is InChI=1S/C50H85NO7/c1-6-8-10-12-14-16-18-20-22-23-24-25-26-27-29-31-33-35-37-39-41-49(53)58-46(44-56-43-42-47(50(54)55)51(3,4)5)45-57-48(52)40-38-36-34-32-30-28-21-19-17-15-13-11-9-7-2/h8,10,14,16,20,22,24-25,27,29,33,35,46-47H,6-7,9,11-13,15,17-19,21,23,26,28,30-32,34,36-45H2,1-5H3/p+1/b10-8+,16-14+,22-20+,25-24+,29-27+,35-33+. The summed E-state index contributed by atoms with van der Waals surface area (Å²) >= 11 is 0. The molecule has 58 heavy (non-hydrogen) atoms. The van der Waals surface area contributed by atoms with Crippen molar-refractivity contribution in [3.63, 3.8) is 0 Å². The summed E-state index contributed by atoms with van der Waals surface area (Å²) in [6, 6.07) is -0.627. The monoisotopic (exact) mass is 813 g/mol. The second-order valence-corrected chi connectivity index (χ2v) is 16.3. The van der Waals surface area contributed by atoms with Crippen molar-refractivity contribution in [3.05, 3.63) is 72.9 Å². The molecule has 2 atom stereocenters. The van der Waals surface area contributed by atoms with Gasteiger partial charge in [0.05, 0.1) is 34.4 Å². The fourth-order valence-corrected chi connectivity index (χ4v) is 6.34. The Morgan fingerprint density at radius 3 is 1.41 bits per heavy atom. The first-order valence-electron chi connectivity index (χ1n) is 23.0. The van der Waals surface area contributed by atoms with Gasteiger partial charge in [0.15, 0.2) is 12.1 Å². The first-order valence-corrected chi connectivity index (χ1v) is 23.0. The number of likely N-dealkylation sites (N-methyl/N-ethyl adjacent to an activating group) is 1. The van der Waals surface area contributed by atoms with Crippen molar-refractivity contribution in [3.8, 4) is 0 Å². The zero-order valence-corrected chi connectivity index (χ0v) is 37.7. The highest BCUT2D eigenvalue weighted by Gasteiger charge is 2.31. The number of nitrogens with zero attached hydrogens (tertiary/aromatic N) is 1. The molecule has 0 rings (SSSR count). The number of rotatable bonds is 40. The normalized spacial score (nSPS) is 13.6. The van der Waals surface area contributed by atoms with Gasteiger partial charge in [-0.3, -0.25) is 9.59 Å². The van der Waals surface area contributed by atoms with Crippen molar-refractivity contribution in [2.45, 2.75) is 187 Å². The molecule has 2 unspecified atom stereocenters. The smallest absolute Gasteiger partial charge is 0.362 e. The lowest BCUT2D eigenvalue weighted by atomic mass is 10.0. The number of esters is 2. The molecule has 332 valence electrons. The lowest BCUT2D eigenvalue weighted by Gasteiger charge is -2.31. The Morgan fingerprint density at radius 1 is 0.534 bits per heavy atom. The second kappa shape index (κ2) is 40.5. The van der Waals surface area contributed by atoms with Crippen molar-refractivity contribution in [2.24, 2.45) is 0 Å². The molecule has 0 aromatic carbocycles. The third-order valence-electron chi connectivity index (χ3n) is 9.87. The van der Waals surface area contributed by atoms with E-state index in [1.165, 1.54) is 70.6 Å². The summed E-state index contributed by atoms with van der Waals surface area (Å²) < 4.78 is 17.2. The van der Waals surface area contributed by atoms with Crippen LogP contribution in [0.1, 0.15) is 174 Å². The molecule has 0 radical (unpaired) electrons. The Morgan fingerprint density at radius 2 is 0.966 bits per heavy atom. The highest BCUT2D eigenvalue weighted by molar-refractivity contribution is 5.72. The van der Waals surface area contributed by atoms with Crippen LogP contribution in [-0.4, -0.2) is 80.6 Å². The number of carbonyl (C=O) groups excluding carboxylic acids is 2. The van der Waals surface area contributed by atoms with Gasteiger partial charge in [-0.25, -0.2) is 4.79 Å². The maximum absolute atomic E-state index is 12.7. The number of allylic oxidation sites excluding steroid dienone is 12. The van der Waals surface area contributed by atoms with Crippen molar-refractivity contribution in [2.75, 3.05) is 41.0 Å². The van der Waals surface area contributed by atoms with E-state index in [1.807, 2.05) is 21.1 Å². The van der Waals surface area contributed by atoms with Crippen molar-refractivity contribution in [1.82, 2.24) is 0 Å². The van der Waals surface area contributed by atoms with Crippen LogP contribution in [-0.2, 0) is 28.6 Å². The fraction of sp³-hybridized carbons (Fsp3) is 0.700. The molecule has 0 fully saturated rings. The molecule has 8 heteroatoms. The van der Waals surface area contributed by atoms with Crippen molar-refractivity contribution < 1.29 is 38.2 Å². The second-order valence-electron chi connectivity index (χ2n) is 16.3. The van der Waals surface area contributed by atoms with Crippen LogP contribution in [0.15, 0.2) is 72.9 Å². The summed E-state index contributed by atoms with van der Waals surface area (Å²) in [4.78, 5) is 37.0. The van der Waals surface area contributed by atoms with E-state index in [0.29, 0.717) is 19.3 Å². The molecular weight excluding hydrogens is 727 g/mol. The van der Waals surface area contributed by atoms with Gasteiger partial charge in [0, 0.05) is 19.3 Å². The minimum atomic E-state index is -0.886. The highest BCUT2D eigenvalue weighted by atomic mass is 16.6. The fourth-order valence-electron chi connectivity index (χ4n) is 6.34. The molecule has 0 saturated heterocycles. The van der Waals surface area contributed by atoms with Crippen LogP contribution in [0.2, 0.25) is 0 Å². The van der Waals surface area contributed by atoms with Gasteiger partial charge in [0.2, 0.25) is 0 Å². The molecule has 0 aromatic heterocycles. The third-order valence-corrected chi connectivity index (χ3v) is 9.87.